The van der Waals surface area contributed by atoms with Crippen LogP contribution in [0.2, 0.25) is 0 Å². The number of ether oxygens (including phenoxy) is 2. The molecule has 0 saturated carbocycles. The van der Waals surface area contributed by atoms with Gasteiger partial charge in [-0.05, 0) is 12.1 Å². The molecular formula is C19H15BrN2O3. The lowest BCUT2D eigenvalue weighted by Gasteiger charge is -2.27. The van der Waals surface area contributed by atoms with Gasteiger partial charge in [-0.1, -0.05) is 46.3 Å². The third kappa shape index (κ3) is 3.24. The highest BCUT2D eigenvalue weighted by atomic mass is 79.9. The fraction of sp³-hybridized carbons (Fsp3) is 0.158. The quantitative estimate of drug-likeness (QED) is 0.789. The van der Waals surface area contributed by atoms with E-state index in [1.807, 2.05) is 12.1 Å². The number of nitriles is 1. The number of methoxy groups -OCH3 is 1. The summed E-state index contributed by atoms with van der Waals surface area (Å²) in [7, 11) is 1.52. The zero-order chi connectivity index (χ0) is 18.0. The van der Waals surface area contributed by atoms with Gasteiger partial charge in [-0.25, -0.2) is 0 Å². The van der Waals surface area contributed by atoms with Crippen LogP contribution in [0.5, 0.6) is 11.5 Å². The highest BCUT2D eigenvalue weighted by Crippen LogP contribution is 2.46. The molecule has 1 aliphatic rings. The first kappa shape index (κ1) is 17.1. The average molecular weight is 399 g/mol. The van der Waals surface area contributed by atoms with Gasteiger partial charge in [0, 0.05) is 27.9 Å². The summed E-state index contributed by atoms with van der Waals surface area (Å²) in [5, 5.41) is 9.51. The number of halogens is 1. The molecule has 2 N–H and O–H groups in total. The van der Waals surface area contributed by atoms with Crippen molar-refractivity contribution in [3.05, 3.63) is 69.5 Å². The number of hydrogen-bond donors (Lipinski definition) is 1. The van der Waals surface area contributed by atoms with Crippen molar-refractivity contribution in [3.8, 4) is 17.6 Å². The Morgan fingerprint density at radius 2 is 2.08 bits per heavy atom. The minimum atomic E-state index is -0.493. The van der Waals surface area contributed by atoms with Crippen molar-refractivity contribution in [2.75, 3.05) is 7.11 Å². The van der Waals surface area contributed by atoms with Crippen LogP contribution in [0.25, 0.3) is 0 Å². The molecule has 0 amide bonds. The van der Waals surface area contributed by atoms with Crippen molar-refractivity contribution in [2.24, 2.45) is 5.73 Å². The second kappa shape index (κ2) is 6.99. The number of carbonyl (C=O) groups excluding carboxylic acids is 1. The first-order valence-electron chi connectivity index (χ1n) is 7.58. The van der Waals surface area contributed by atoms with Crippen LogP contribution < -0.4 is 15.2 Å². The molecule has 0 fully saturated rings. The third-order valence-electron chi connectivity index (χ3n) is 4.08. The van der Waals surface area contributed by atoms with Crippen LogP contribution in [0.3, 0.4) is 0 Å². The van der Waals surface area contributed by atoms with E-state index in [1.165, 1.54) is 7.11 Å². The Balaban J connectivity index is 2.07. The lowest BCUT2D eigenvalue weighted by molar-refractivity contribution is 0.0976. The summed E-state index contributed by atoms with van der Waals surface area (Å²) < 4.78 is 11.7. The molecule has 1 unspecified atom stereocenters. The summed E-state index contributed by atoms with van der Waals surface area (Å²) in [6.07, 6.45) is 0.115. The molecule has 0 bridgehead atoms. The number of hydrogen-bond acceptors (Lipinski definition) is 5. The molecule has 126 valence electrons. The van der Waals surface area contributed by atoms with Crippen LogP contribution in [-0.4, -0.2) is 12.9 Å². The Hall–Kier alpha value is -2.78. The summed E-state index contributed by atoms with van der Waals surface area (Å²) in [6, 6.07) is 14.6. The maximum Gasteiger partial charge on any atom is 0.205 e. The predicted octanol–water partition coefficient (Wildman–Crippen LogP) is 3.90. The van der Waals surface area contributed by atoms with Crippen molar-refractivity contribution >= 4 is 21.7 Å². The smallest absolute Gasteiger partial charge is 0.205 e. The van der Waals surface area contributed by atoms with Gasteiger partial charge in [0.05, 0.1) is 12.7 Å². The van der Waals surface area contributed by atoms with Gasteiger partial charge >= 0.3 is 0 Å². The van der Waals surface area contributed by atoms with Gasteiger partial charge in [-0.3, -0.25) is 4.79 Å². The predicted molar refractivity (Wildman–Crippen MR) is 96.3 cm³/mol. The molecule has 2 aromatic carbocycles. The number of fused-ring (bicyclic) bond motifs is 1. The molecule has 0 aromatic heterocycles. The number of ketones is 1. The maximum absolute atomic E-state index is 12.7. The Morgan fingerprint density at radius 1 is 1.36 bits per heavy atom. The van der Waals surface area contributed by atoms with Gasteiger partial charge in [0.15, 0.2) is 17.3 Å². The molecule has 2 aromatic rings. The average Bonchev–Trinajstić information content (AvgIpc) is 2.62. The van der Waals surface area contributed by atoms with Gasteiger partial charge in [-0.2, -0.15) is 5.26 Å². The van der Waals surface area contributed by atoms with Crippen LogP contribution in [0.1, 0.15) is 28.3 Å². The van der Waals surface area contributed by atoms with Gasteiger partial charge in [-0.15, -0.1) is 0 Å². The second-order valence-electron chi connectivity index (χ2n) is 5.56. The Morgan fingerprint density at radius 3 is 2.72 bits per heavy atom. The Labute approximate surface area is 153 Å². The van der Waals surface area contributed by atoms with Crippen LogP contribution in [0.4, 0.5) is 0 Å². The Kier molecular flexibility index (Phi) is 4.77. The van der Waals surface area contributed by atoms with E-state index in [1.54, 1.807) is 30.3 Å². The number of rotatable bonds is 4. The van der Waals surface area contributed by atoms with E-state index in [2.05, 4.69) is 22.0 Å². The Bertz CT molecular complexity index is 901. The van der Waals surface area contributed by atoms with Crippen molar-refractivity contribution in [2.45, 2.75) is 12.3 Å². The third-order valence-corrected chi connectivity index (χ3v) is 4.53. The molecule has 0 radical (unpaired) electrons. The number of benzene rings is 2. The molecule has 1 aliphatic heterocycles. The van der Waals surface area contributed by atoms with Crippen LogP contribution >= 0.6 is 15.9 Å². The van der Waals surface area contributed by atoms with Crippen molar-refractivity contribution in [1.82, 2.24) is 0 Å². The fourth-order valence-electron chi connectivity index (χ4n) is 2.87. The van der Waals surface area contributed by atoms with E-state index in [-0.39, 0.29) is 23.7 Å². The van der Waals surface area contributed by atoms with E-state index >= 15 is 0 Å². The van der Waals surface area contributed by atoms with Crippen LogP contribution in [0.15, 0.2) is 58.4 Å². The lowest BCUT2D eigenvalue weighted by atomic mass is 9.84. The SMILES string of the molecule is COc1cc(Br)cc2c1OC(N)=C(C#N)C2CC(=O)c1ccccc1. The minimum Gasteiger partial charge on any atom is -0.493 e. The minimum absolute atomic E-state index is 0.00137. The molecule has 0 spiro atoms. The van der Waals surface area contributed by atoms with Gasteiger partial charge in [0.2, 0.25) is 5.88 Å². The molecule has 25 heavy (non-hydrogen) atoms. The van der Waals surface area contributed by atoms with Crippen LogP contribution in [-0.2, 0) is 0 Å². The highest BCUT2D eigenvalue weighted by molar-refractivity contribution is 9.10. The van der Waals surface area contributed by atoms with Crippen LogP contribution in [0, 0.1) is 11.3 Å². The monoisotopic (exact) mass is 398 g/mol. The van der Waals surface area contributed by atoms with Gasteiger partial charge in [0.1, 0.15) is 6.07 Å². The second-order valence-corrected chi connectivity index (χ2v) is 6.48. The molecule has 0 saturated heterocycles. The lowest BCUT2D eigenvalue weighted by Crippen LogP contribution is -2.22. The van der Waals surface area contributed by atoms with E-state index in [0.717, 1.165) is 4.47 Å². The molecule has 1 atom stereocenters. The highest BCUT2D eigenvalue weighted by Gasteiger charge is 2.33. The normalized spacial score (nSPS) is 15.8. The number of nitrogens with two attached hydrogens (primary N) is 1. The number of carbonyl (C=O) groups is 1. The molecule has 0 aliphatic carbocycles. The summed E-state index contributed by atoms with van der Waals surface area (Å²) in [5.41, 5.74) is 7.46. The largest absolute Gasteiger partial charge is 0.493 e. The van der Waals surface area contributed by atoms with Gasteiger partial charge in [0.25, 0.3) is 0 Å². The maximum atomic E-state index is 12.7. The topological polar surface area (TPSA) is 85.3 Å². The number of Topliss-reactive ketones (excluding diaryl/α,β-unsaturated/α-hetero) is 1. The summed E-state index contributed by atoms with van der Waals surface area (Å²) >= 11 is 3.43. The van der Waals surface area contributed by atoms with E-state index in [0.29, 0.717) is 22.6 Å². The number of nitrogens with zero attached hydrogens (tertiary/aromatic N) is 1. The first-order valence-corrected chi connectivity index (χ1v) is 8.37. The fourth-order valence-corrected chi connectivity index (χ4v) is 3.33. The van der Waals surface area contributed by atoms with E-state index in [4.69, 9.17) is 15.2 Å². The summed E-state index contributed by atoms with van der Waals surface area (Å²) in [4.78, 5) is 12.7. The molecule has 6 heteroatoms. The molecule has 3 rings (SSSR count). The summed E-state index contributed by atoms with van der Waals surface area (Å²) in [6.45, 7) is 0. The zero-order valence-corrected chi connectivity index (χ0v) is 15.0. The number of allylic oxidation sites excluding steroid dienone is 1. The van der Waals surface area contributed by atoms with E-state index < -0.39 is 5.92 Å². The molecular weight excluding hydrogens is 384 g/mol. The van der Waals surface area contributed by atoms with Gasteiger partial charge < -0.3 is 15.2 Å². The van der Waals surface area contributed by atoms with E-state index in [9.17, 15) is 10.1 Å². The summed E-state index contributed by atoms with van der Waals surface area (Å²) in [5.74, 6) is 0.363. The first-order chi connectivity index (χ1) is 12.0. The zero-order valence-electron chi connectivity index (χ0n) is 13.5. The molecule has 1 heterocycles. The van der Waals surface area contributed by atoms with Crippen molar-refractivity contribution in [3.63, 3.8) is 0 Å². The standard InChI is InChI=1S/C19H15BrN2O3/c1-24-17-8-12(20)7-14-13(15(10-21)19(22)25-18(14)17)9-16(23)11-5-3-2-4-6-11/h2-8,13H,9,22H2,1H3. The van der Waals surface area contributed by atoms with Crippen molar-refractivity contribution in [1.29, 1.82) is 5.26 Å². The molecule has 5 nitrogen and oxygen atoms in total. The van der Waals surface area contributed by atoms with Crippen molar-refractivity contribution < 1.29 is 14.3 Å².